The third-order valence-corrected chi connectivity index (χ3v) is 1.41. The average Bonchev–Trinajstić information content (AvgIpc) is 2.09. The van der Waals surface area contributed by atoms with E-state index in [1.807, 2.05) is 25.2 Å². The molecule has 2 nitrogen and oxygen atoms in total. The maximum atomic E-state index is 10.1. The van der Waals surface area contributed by atoms with Gasteiger partial charge < -0.3 is 5.11 Å². The molecule has 0 aliphatic rings. The van der Waals surface area contributed by atoms with Gasteiger partial charge in [0.1, 0.15) is 0 Å². The number of carboxylic acids is 1. The second-order valence-corrected chi connectivity index (χ2v) is 2.58. The highest BCUT2D eigenvalue weighted by Gasteiger charge is 1.86. The molecule has 0 atom stereocenters. The summed E-state index contributed by atoms with van der Waals surface area (Å²) in [4.78, 5) is 10.1. The fourth-order valence-corrected chi connectivity index (χ4v) is 0.766. The Morgan fingerprint density at radius 3 is 2.15 bits per heavy atom. The highest BCUT2D eigenvalue weighted by atomic mass is 16.4. The summed E-state index contributed by atoms with van der Waals surface area (Å²) in [5.74, 6) is -0.783. The second kappa shape index (κ2) is 8.78. The lowest BCUT2D eigenvalue weighted by Gasteiger charge is -1.83. The highest BCUT2D eigenvalue weighted by molar-refractivity contribution is 5.68. The molecule has 0 aliphatic carbocycles. The van der Waals surface area contributed by atoms with Gasteiger partial charge in [0.2, 0.25) is 0 Å². The molecule has 0 rings (SSSR count). The van der Waals surface area contributed by atoms with Crippen LogP contribution in [0.25, 0.3) is 0 Å². The summed E-state index contributed by atoms with van der Waals surface area (Å²) >= 11 is 0. The quantitative estimate of drug-likeness (QED) is 0.638. The maximum Gasteiger partial charge on any atom is 0.307 e. The minimum absolute atomic E-state index is 0.114. The van der Waals surface area contributed by atoms with Crippen LogP contribution in [0.5, 0.6) is 0 Å². The number of hydrogen-bond donors (Lipinski definition) is 1. The normalized spacial score (nSPS) is 12.1. The van der Waals surface area contributed by atoms with E-state index in [0.29, 0.717) is 0 Å². The molecule has 0 aromatic carbocycles. The number of aliphatic carboxylic acids is 1. The molecule has 2 heteroatoms. The van der Waals surface area contributed by atoms with Crippen LogP contribution in [0, 0.1) is 0 Å². The third kappa shape index (κ3) is 10.7. The second-order valence-electron chi connectivity index (χ2n) is 2.58. The van der Waals surface area contributed by atoms with Crippen molar-refractivity contribution < 1.29 is 9.90 Å². The lowest BCUT2D eigenvalue weighted by Crippen LogP contribution is -1.89. The largest absolute Gasteiger partial charge is 0.481 e. The molecule has 0 spiro atoms. The summed E-state index contributed by atoms with van der Waals surface area (Å²) in [5.41, 5.74) is 0. The Kier molecular flexibility index (Phi) is 7.90. The van der Waals surface area contributed by atoms with Crippen molar-refractivity contribution in [1.29, 1.82) is 0 Å². The average molecular weight is 180 g/mol. The van der Waals surface area contributed by atoms with E-state index >= 15 is 0 Å². The molecule has 0 unspecified atom stereocenters. The molecule has 0 aromatic heterocycles. The van der Waals surface area contributed by atoms with Gasteiger partial charge in [-0.15, -0.1) is 0 Å². The Morgan fingerprint density at radius 2 is 1.62 bits per heavy atom. The van der Waals surface area contributed by atoms with Crippen molar-refractivity contribution in [3.63, 3.8) is 0 Å². The molecule has 0 heterocycles. The van der Waals surface area contributed by atoms with E-state index in [1.165, 1.54) is 0 Å². The first-order chi connectivity index (χ1) is 6.27. The Balaban J connectivity index is 3.38. The summed E-state index contributed by atoms with van der Waals surface area (Å²) < 4.78 is 0. The van der Waals surface area contributed by atoms with Gasteiger partial charge in [-0.2, -0.15) is 0 Å². The smallest absolute Gasteiger partial charge is 0.307 e. The van der Waals surface area contributed by atoms with Gasteiger partial charge in [-0.25, -0.2) is 0 Å². The van der Waals surface area contributed by atoms with Gasteiger partial charge in [-0.05, 0) is 19.8 Å². The molecule has 0 saturated heterocycles. The molecule has 72 valence electrons. The topological polar surface area (TPSA) is 37.3 Å². The van der Waals surface area contributed by atoms with Gasteiger partial charge in [-0.3, -0.25) is 4.79 Å². The molecular formula is C11H16O2. The van der Waals surface area contributed by atoms with Crippen LogP contribution in [0.2, 0.25) is 0 Å². The molecule has 1 N–H and O–H groups in total. The van der Waals surface area contributed by atoms with Crippen molar-refractivity contribution in [1.82, 2.24) is 0 Å². The molecule has 13 heavy (non-hydrogen) atoms. The summed E-state index contributed by atoms with van der Waals surface area (Å²) in [6, 6.07) is 0. The van der Waals surface area contributed by atoms with Crippen molar-refractivity contribution in [2.45, 2.75) is 26.2 Å². The van der Waals surface area contributed by atoms with Gasteiger partial charge in [0.25, 0.3) is 0 Å². The number of allylic oxidation sites excluding steroid dienone is 5. The molecule has 0 radical (unpaired) electrons. The number of carboxylic acid groups (broad SMARTS) is 1. The minimum atomic E-state index is -0.783. The van der Waals surface area contributed by atoms with Crippen molar-refractivity contribution in [2.24, 2.45) is 0 Å². The van der Waals surface area contributed by atoms with E-state index in [2.05, 4.69) is 12.2 Å². The van der Waals surface area contributed by atoms with Crippen LogP contribution in [0.4, 0.5) is 0 Å². The van der Waals surface area contributed by atoms with Crippen LogP contribution in [0.1, 0.15) is 26.2 Å². The first-order valence-electron chi connectivity index (χ1n) is 4.40. The summed E-state index contributed by atoms with van der Waals surface area (Å²) in [5, 5.41) is 8.31. The van der Waals surface area contributed by atoms with E-state index < -0.39 is 5.97 Å². The molecule has 0 aromatic rings. The Bertz CT molecular complexity index is 212. The first kappa shape index (κ1) is 11.7. The van der Waals surface area contributed by atoms with Gasteiger partial charge >= 0.3 is 5.97 Å². The summed E-state index contributed by atoms with van der Waals surface area (Å²) in [7, 11) is 0. The standard InChI is InChI=1S/C11H16O2/c1-2-3-4-5-6-7-8-9-10-11(12)13/h2-3,5-6,8-9H,4,7,10H2,1H3,(H,12,13). The summed E-state index contributed by atoms with van der Waals surface area (Å²) in [6.45, 7) is 1.99. The van der Waals surface area contributed by atoms with Crippen LogP contribution in [0.3, 0.4) is 0 Å². The Hall–Kier alpha value is -1.31. The number of rotatable bonds is 6. The van der Waals surface area contributed by atoms with E-state index in [4.69, 9.17) is 5.11 Å². The van der Waals surface area contributed by atoms with Gasteiger partial charge in [0, 0.05) is 0 Å². The third-order valence-electron chi connectivity index (χ3n) is 1.41. The Labute approximate surface area is 79.3 Å². The van der Waals surface area contributed by atoms with E-state index in [1.54, 1.807) is 6.08 Å². The highest BCUT2D eigenvalue weighted by Crippen LogP contribution is 1.92. The number of carbonyl (C=O) groups is 1. The van der Waals surface area contributed by atoms with Gasteiger partial charge in [0.15, 0.2) is 0 Å². The minimum Gasteiger partial charge on any atom is -0.481 e. The fourth-order valence-electron chi connectivity index (χ4n) is 0.766. The van der Waals surface area contributed by atoms with Crippen LogP contribution in [-0.4, -0.2) is 11.1 Å². The lowest BCUT2D eigenvalue weighted by molar-refractivity contribution is -0.136. The van der Waals surface area contributed by atoms with Crippen LogP contribution >= 0.6 is 0 Å². The lowest BCUT2D eigenvalue weighted by atomic mass is 10.3. The maximum absolute atomic E-state index is 10.1. The molecule has 0 amide bonds. The van der Waals surface area contributed by atoms with E-state index in [9.17, 15) is 4.79 Å². The van der Waals surface area contributed by atoms with Gasteiger partial charge in [-0.1, -0.05) is 36.5 Å². The zero-order chi connectivity index (χ0) is 9.94. The monoisotopic (exact) mass is 180 g/mol. The van der Waals surface area contributed by atoms with Crippen molar-refractivity contribution in [3.05, 3.63) is 36.5 Å². The van der Waals surface area contributed by atoms with Crippen LogP contribution in [0.15, 0.2) is 36.5 Å². The number of hydrogen-bond acceptors (Lipinski definition) is 1. The van der Waals surface area contributed by atoms with Crippen LogP contribution in [-0.2, 0) is 4.79 Å². The molecular weight excluding hydrogens is 164 g/mol. The van der Waals surface area contributed by atoms with E-state index in [-0.39, 0.29) is 6.42 Å². The predicted molar refractivity (Wildman–Crippen MR) is 54.6 cm³/mol. The van der Waals surface area contributed by atoms with Crippen molar-refractivity contribution >= 4 is 5.97 Å². The zero-order valence-corrected chi connectivity index (χ0v) is 7.94. The van der Waals surface area contributed by atoms with E-state index in [0.717, 1.165) is 12.8 Å². The summed E-state index contributed by atoms with van der Waals surface area (Å²) in [6.07, 6.45) is 13.6. The SMILES string of the molecule is CC=CCC=CCC=CCC(=O)O. The molecule has 0 saturated carbocycles. The van der Waals surface area contributed by atoms with Crippen LogP contribution < -0.4 is 0 Å². The fraction of sp³-hybridized carbons (Fsp3) is 0.364. The molecule has 0 aliphatic heterocycles. The predicted octanol–water partition coefficient (Wildman–Crippen LogP) is 2.93. The van der Waals surface area contributed by atoms with Gasteiger partial charge in [0.05, 0.1) is 6.42 Å². The van der Waals surface area contributed by atoms with Crippen molar-refractivity contribution in [2.75, 3.05) is 0 Å². The molecule has 0 fully saturated rings. The zero-order valence-electron chi connectivity index (χ0n) is 7.94. The molecule has 0 bridgehead atoms. The Morgan fingerprint density at radius 1 is 1.08 bits per heavy atom. The first-order valence-corrected chi connectivity index (χ1v) is 4.40. The van der Waals surface area contributed by atoms with Crippen molar-refractivity contribution in [3.8, 4) is 0 Å².